The van der Waals surface area contributed by atoms with Crippen LogP contribution in [0.15, 0.2) is 53.6 Å². The topological polar surface area (TPSA) is 78.6 Å². The SMILES string of the molecule is COc1cc(/C=N/NC(=O)CC[NH+]2CCN(c3ccccc3)CC2)ccc1O. The van der Waals surface area contributed by atoms with Gasteiger partial charge >= 0.3 is 0 Å². The third-order valence-corrected chi connectivity index (χ3v) is 4.90. The third-order valence-electron chi connectivity index (χ3n) is 4.90. The van der Waals surface area contributed by atoms with Crippen LogP contribution >= 0.6 is 0 Å². The second kappa shape index (κ2) is 9.75. The minimum atomic E-state index is -0.0972. The van der Waals surface area contributed by atoms with Gasteiger partial charge in [0.25, 0.3) is 0 Å². The van der Waals surface area contributed by atoms with E-state index in [0.717, 1.165) is 38.3 Å². The van der Waals surface area contributed by atoms with Gasteiger partial charge in [-0.15, -0.1) is 0 Å². The molecule has 0 spiro atoms. The molecule has 7 nitrogen and oxygen atoms in total. The number of amides is 1. The molecular formula is C21H27N4O3+. The molecule has 0 aromatic heterocycles. The number of hydrogen-bond acceptors (Lipinski definition) is 5. The summed E-state index contributed by atoms with van der Waals surface area (Å²) >= 11 is 0. The zero-order valence-electron chi connectivity index (χ0n) is 16.1. The van der Waals surface area contributed by atoms with E-state index in [1.807, 2.05) is 6.07 Å². The molecule has 1 amide bonds. The summed E-state index contributed by atoms with van der Waals surface area (Å²) in [5.41, 5.74) is 4.56. The lowest BCUT2D eigenvalue weighted by Crippen LogP contribution is -3.15. The minimum Gasteiger partial charge on any atom is -0.504 e. The Morgan fingerprint density at radius 2 is 2.00 bits per heavy atom. The molecule has 0 radical (unpaired) electrons. The minimum absolute atomic E-state index is 0.0685. The number of carbonyl (C=O) groups is 1. The molecule has 3 rings (SSSR count). The summed E-state index contributed by atoms with van der Waals surface area (Å²) in [6, 6.07) is 15.3. The number of carbonyl (C=O) groups excluding carboxylic acids is 1. The van der Waals surface area contributed by atoms with E-state index in [1.165, 1.54) is 30.0 Å². The van der Waals surface area contributed by atoms with Gasteiger partial charge in [-0.2, -0.15) is 5.10 Å². The quantitative estimate of drug-likeness (QED) is 0.485. The van der Waals surface area contributed by atoms with Gasteiger partial charge in [-0.25, -0.2) is 5.43 Å². The van der Waals surface area contributed by atoms with E-state index < -0.39 is 0 Å². The van der Waals surface area contributed by atoms with Crippen molar-refractivity contribution in [3.63, 3.8) is 0 Å². The normalized spacial score (nSPS) is 15.0. The van der Waals surface area contributed by atoms with E-state index in [1.54, 1.807) is 12.1 Å². The lowest BCUT2D eigenvalue weighted by atomic mass is 10.2. The molecule has 0 unspecified atom stereocenters. The summed E-state index contributed by atoms with van der Waals surface area (Å²) in [5.74, 6) is 0.340. The van der Waals surface area contributed by atoms with Crippen LogP contribution in [0.2, 0.25) is 0 Å². The molecule has 0 bridgehead atoms. The maximum atomic E-state index is 12.0. The predicted octanol–water partition coefficient (Wildman–Crippen LogP) is 0.646. The average molecular weight is 383 g/mol. The largest absolute Gasteiger partial charge is 0.504 e. The molecule has 0 aliphatic carbocycles. The standard InChI is InChI=1S/C21H26N4O3/c1-28-20-15-17(7-8-19(20)26)16-22-23-21(27)9-10-24-11-13-25(14-12-24)18-5-3-2-4-6-18/h2-8,15-16,26H,9-14H2,1H3,(H,23,27)/p+1/b22-16+. The number of benzene rings is 2. The van der Waals surface area contributed by atoms with E-state index >= 15 is 0 Å². The number of piperazine rings is 1. The molecule has 3 N–H and O–H groups in total. The molecular weight excluding hydrogens is 356 g/mol. The summed E-state index contributed by atoms with van der Waals surface area (Å²) in [5, 5.41) is 13.6. The van der Waals surface area contributed by atoms with Crippen molar-refractivity contribution >= 4 is 17.8 Å². The first-order chi connectivity index (χ1) is 13.7. The fourth-order valence-corrected chi connectivity index (χ4v) is 3.27. The molecule has 1 aliphatic rings. The molecule has 148 valence electrons. The Morgan fingerprint density at radius 3 is 2.71 bits per heavy atom. The van der Waals surface area contributed by atoms with Gasteiger partial charge in [0.05, 0.1) is 52.5 Å². The highest BCUT2D eigenvalue weighted by molar-refractivity contribution is 5.83. The smallest absolute Gasteiger partial charge is 0.245 e. The molecule has 7 heteroatoms. The number of hydrogen-bond donors (Lipinski definition) is 3. The lowest BCUT2D eigenvalue weighted by Gasteiger charge is -2.33. The highest BCUT2D eigenvalue weighted by Gasteiger charge is 2.20. The second-order valence-corrected chi connectivity index (χ2v) is 6.80. The third kappa shape index (κ3) is 5.47. The van der Waals surface area contributed by atoms with Gasteiger partial charge < -0.3 is 19.6 Å². The Morgan fingerprint density at radius 1 is 1.25 bits per heavy atom. The van der Waals surface area contributed by atoms with Crippen LogP contribution < -0.4 is 20.0 Å². The van der Waals surface area contributed by atoms with Crippen molar-refractivity contribution in [2.45, 2.75) is 6.42 Å². The zero-order valence-corrected chi connectivity index (χ0v) is 16.1. The summed E-state index contributed by atoms with van der Waals surface area (Å²) in [6.07, 6.45) is 1.97. The maximum Gasteiger partial charge on any atom is 0.245 e. The van der Waals surface area contributed by atoms with Crippen LogP contribution in [0.3, 0.4) is 0 Å². The Kier molecular flexibility index (Phi) is 6.86. The first kappa shape index (κ1) is 19.7. The van der Waals surface area contributed by atoms with Crippen LogP contribution in [-0.4, -0.2) is 57.1 Å². The highest BCUT2D eigenvalue weighted by Crippen LogP contribution is 2.25. The number of quaternary nitrogens is 1. The molecule has 28 heavy (non-hydrogen) atoms. The monoisotopic (exact) mass is 383 g/mol. The predicted molar refractivity (Wildman–Crippen MR) is 109 cm³/mol. The fourth-order valence-electron chi connectivity index (χ4n) is 3.27. The van der Waals surface area contributed by atoms with Gasteiger partial charge in [-0.3, -0.25) is 4.79 Å². The fraction of sp³-hybridized carbons (Fsp3) is 0.333. The van der Waals surface area contributed by atoms with Crippen molar-refractivity contribution in [3.8, 4) is 11.5 Å². The van der Waals surface area contributed by atoms with Crippen molar-refractivity contribution < 1.29 is 19.5 Å². The average Bonchev–Trinajstić information content (AvgIpc) is 2.74. The number of methoxy groups -OCH3 is 1. The molecule has 2 aromatic carbocycles. The van der Waals surface area contributed by atoms with Gasteiger partial charge in [0, 0.05) is 5.69 Å². The molecule has 1 heterocycles. The van der Waals surface area contributed by atoms with Gasteiger partial charge in [0.15, 0.2) is 11.5 Å². The molecule has 0 atom stereocenters. The van der Waals surface area contributed by atoms with Gasteiger partial charge in [0.2, 0.25) is 5.91 Å². The van der Waals surface area contributed by atoms with E-state index in [4.69, 9.17) is 4.74 Å². The number of ether oxygens (including phenoxy) is 1. The number of hydrazone groups is 1. The number of para-hydroxylation sites is 1. The maximum absolute atomic E-state index is 12.0. The first-order valence-electron chi connectivity index (χ1n) is 9.48. The number of nitrogens with one attached hydrogen (secondary N) is 2. The summed E-state index contributed by atoms with van der Waals surface area (Å²) in [7, 11) is 1.49. The van der Waals surface area contributed by atoms with Gasteiger partial charge in [-0.1, -0.05) is 18.2 Å². The van der Waals surface area contributed by atoms with Crippen LogP contribution in [0, 0.1) is 0 Å². The number of anilines is 1. The molecule has 1 saturated heterocycles. The van der Waals surface area contributed by atoms with Crippen LogP contribution in [-0.2, 0) is 4.79 Å². The van der Waals surface area contributed by atoms with Crippen molar-refractivity contribution in [2.75, 3.05) is 44.7 Å². The number of phenols is 1. The number of aromatic hydroxyl groups is 1. The Balaban J connectivity index is 1.38. The molecule has 1 aliphatic heterocycles. The van der Waals surface area contributed by atoms with E-state index in [0.29, 0.717) is 12.2 Å². The summed E-state index contributed by atoms with van der Waals surface area (Å²) in [4.78, 5) is 15.9. The van der Waals surface area contributed by atoms with Crippen molar-refractivity contribution in [2.24, 2.45) is 5.10 Å². The second-order valence-electron chi connectivity index (χ2n) is 6.80. The summed E-state index contributed by atoms with van der Waals surface area (Å²) in [6.45, 7) is 4.86. The Bertz CT molecular complexity index is 803. The Hall–Kier alpha value is -3.06. The van der Waals surface area contributed by atoms with Crippen LogP contribution in [0.1, 0.15) is 12.0 Å². The molecule has 1 fully saturated rings. The highest BCUT2D eigenvalue weighted by atomic mass is 16.5. The van der Waals surface area contributed by atoms with Crippen molar-refractivity contribution in [1.82, 2.24) is 5.43 Å². The first-order valence-corrected chi connectivity index (χ1v) is 9.48. The van der Waals surface area contributed by atoms with Crippen LogP contribution in [0.25, 0.3) is 0 Å². The Labute approximate surface area is 165 Å². The van der Waals surface area contributed by atoms with Crippen molar-refractivity contribution in [1.29, 1.82) is 0 Å². The van der Waals surface area contributed by atoms with E-state index in [-0.39, 0.29) is 11.7 Å². The van der Waals surface area contributed by atoms with Crippen LogP contribution in [0.5, 0.6) is 11.5 Å². The number of rotatable bonds is 7. The van der Waals surface area contributed by atoms with Crippen molar-refractivity contribution in [3.05, 3.63) is 54.1 Å². The number of phenolic OH excluding ortho intramolecular Hbond substituents is 1. The van der Waals surface area contributed by atoms with E-state index in [9.17, 15) is 9.90 Å². The van der Waals surface area contributed by atoms with E-state index in [2.05, 4.69) is 39.7 Å². The zero-order chi connectivity index (χ0) is 19.8. The van der Waals surface area contributed by atoms with Gasteiger partial charge in [-0.05, 0) is 35.9 Å². The summed E-state index contributed by atoms with van der Waals surface area (Å²) < 4.78 is 5.05. The molecule has 0 saturated carbocycles. The lowest BCUT2D eigenvalue weighted by molar-refractivity contribution is -0.900. The number of nitrogens with zero attached hydrogens (tertiary/aromatic N) is 2. The van der Waals surface area contributed by atoms with Gasteiger partial charge in [0.1, 0.15) is 0 Å². The van der Waals surface area contributed by atoms with Crippen LogP contribution in [0.4, 0.5) is 5.69 Å². The molecule has 2 aromatic rings.